The van der Waals surface area contributed by atoms with Crippen LogP contribution in [-0.2, 0) is 0 Å². The summed E-state index contributed by atoms with van der Waals surface area (Å²) in [6.07, 6.45) is 0.905. The first-order valence-corrected chi connectivity index (χ1v) is 5.13. The van der Waals surface area contributed by atoms with Gasteiger partial charge in [0.2, 0.25) is 0 Å². The number of unbranched alkanes of at least 4 members (excludes halogenated alkanes) is 1. The SMILES string of the molecule is N#CCCCNC(=O)c1cccc(Cl)c1F. The van der Waals surface area contributed by atoms with Gasteiger partial charge in [-0.05, 0) is 18.6 Å². The minimum absolute atomic E-state index is 0.0790. The van der Waals surface area contributed by atoms with Crippen LogP contribution < -0.4 is 5.32 Å². The fourth-order valence-corrected chi connectivity index (χ4v) is 1.32. The van der Waals surface area contributed by atoms with Gasteiger partial charge in [0.1, 0.15) is 0 Å². The van der Waals surface area contributed by atoms with E-state index in [0.29, 0.717) is 19.4 Å². The van der Waals surface area contributed by atoms with E-state index in [1.807, 2.05) is 6.07 Å². The van der Waals surface area contributed by atoms with E-state index in [-0.39, 0.29) is 10.6 Å². The highest BCUT2D eigenvalue weighted by Crippen LogP contribution is 2.17. The van der Waals surface area contributed by atoms with Crippen molar-refractivity contribution in [2.75, 3.05) is 6.54 Å². The second-order valence-corrected chi connectivity index (χ2v) is 3.53. The lowest BCUT2D eigenvalue weighted by molar-refractivity contribution is 0.0949. The normalized spacial score (nSPS) is 9.56. The number of hydrogen-bond donors (Lipinski definition) is 1. The van der Waals surface area contributed by atoms with Crippen molar-refractivity contribution in [3.63, 3.8) is 0 Å². The Morgan fingerprint density at radius 1 is 1.56 bits per heavy atom. The summed E-state index contributed by atoms with van der Waals surface area (Å²) in [5.41, 5.74) is -0.0792. The maximum absolute atomic E-state index is 13.4. The predicted molar refractivity (Wildman–Crippen MR) is 58.6 cm³/mol. The molecule has 16 heavy (non-hydrogen) atoms. The number of rotatable bonds is 4. The largest absolute Gasteiger partial charge is 0.352 e. The Balaban J connectivity index is 2.60. The van der Waals surface area contributed by atoms with Gasteiger partial charge in [-0.2, -0.15) is 5.26 Å². The molecule has 0 fully saturated rings. The monoisotopic (exact) mass is 240 g/mol. The zero-order chi connectivity index (χ0) is 12.0. The Bertz CT molecular complexity index is 428. The average molecular weight is 241 g/mol. The molecule has 1 rings (SSSR count). The third kappa shape index (κ3) is 3.21. The molecular formula is C11H10ClFN2O. The van der Waals surface area contributed by atoms with Crippen LogP contribution in [0.4, 0.5) is 4.39 Å². The van der Waals surface area contributed by atoms with E-state index < -0.39 is 11.7 Å². The van der Waals surface area contributed by atoms with Gasteiger partial charge in [-0.1, -0.05) is 17.7 Å². The van der Waals surface area contributed by atoms with Gasteiger partial charge in [-0.3, -0.25) is 4.79 Å². The first-order chi connectivity index (χ1) is 7.66. The molecule has 0 radical (unpaired) electrons. The van der Waals surface area contributed by atoms with Gasteiger partial charge >= 0.3 is 0 Å². The van der Waals surface area contributed by atoms with Crippen LogP contribution in [0.1, 0.15) is 23.2 Å². The summed E-state index contributed by atoms with van der Waals surface area (Å²) >= 11 is 5.54. The minimum Gasteiger partial charge on any atom is -0.352 e. The van der Waals surface area contributed by atoms with E-state index in [2.05, 4.69) is 5.32 Å². The van der Waals surface area contributed by atoms with Crippen molar-refractivity contribution in [1.29, 1.82) is 5.26 Å². The van der Waals surface area contributed by atoms with Gasteiger partial charge in [-0.25, -0.2) is 4.39 Å². The van der Waals surface area contributed by atoms with Crippen LogP contribution in [0.25, 0.3) is 0 Å². The number of nitrogens with one attached hydrogen (secondary N) is 1. The maximum atomic E-state index is 13.4. The van der Waals surface area contributed by atoms with Crippen molar-refractivity contribution in [2.45, 2.75) is 12.8 Å². The Labute approximate surface area is 97.8 Å². The third-order valence-corrected chi connectivity index (χ3v) is 2.24. The van der Waals surface area contributed by atoms with Crippen molar-refractivity contribution in [2.24, 2.45) is 0 Å². The highest BCUT2D eigenvalue weighted by Gasteiger charge is 2.12. The topological polar surface area (TPSA) is 52.9 Å². The van der Waals surface area contributed by atoms with Crippen molar-refractivity contribution in [3.05, 3.63) is 34.6 Å². The third-order valence-electron chi connectivity index (χ3n) is 1.95. The van der Waals surface area contributed by atoms with E-state index in [9.17, 15) is 9.18 Å². The van der Waals surface area contributed by atoms with Gasteiger partial charge in [0.15, 0.2) is 5.82 Å². The minimum atomic E-state index is -0.720. The smallest absolute Gasteiger partial charge is 0.254 e. The average Bonchev–Trinajstić information content (AvgIpc) is 2.28. The van der Waals surface area contributed by atoms with Crippen molar-refractivity contribution < 1.29 is 9.18 Å². The molecule has 3 nitrogen and oxygen atoms in total. The second kappa shape index (κ2) is 6.09. The number of carbonyl (C=O) groups is 1. The van der Waals surface area contributed by atoms with Gasteiger partial charge in [0, 0.05) is 13.0 Å². The Hall–Kier alpha value is -1.60. The van der Waals surface area contributed by atoms with Gasteiger partial charge in [-0.15, -0.1) is 0 Å². The van der Waals surface area contributed by atoms with Crippen LogP contribution in [0.5, 0.6) is 0 Å². The summed E-state index contributed by atoms with van der Waals surface area (Å²) in [7, 11) is 0. The van der Waals surface area contributed by atoms with E-state index in [4.69, 9.17) is 16.9 Å². The van der Waals surface area contributed by atoms with Gasteiger partial charge < -0.3 is 5.32 Å². The summed E-state index contributed by atoms with van der Waals surface area (Å²) in [4.78, 5) is 11.5. The summed E-state index contributed by atoms with van der Waals surface area (Å²) in [5, 5.41) is 10.7. The zero-order valence-electron chi connectivity index (χ0n) is 8.46. The lowest BCUT2D eigenvalue weighted by Gasteiger charge is -2.05. The second-order valence-electron chi connectivity index (χ2n) is 3.12. The highest BCUT2D eigenvalue weighted by molar-refractivity contribution is 6.31. The van der Waals surface area contributed by atoms with Crippen LogP contribution in [0.2, 0.25) is 5.02 Å². The number of carbonyl (C=O) groups excluding carboxylic acids is 1. The Kier molecular flexibility index (Phi) is 4.74. The molecule has 0 saturated heterocycles. The molecule has 0 bridgehead atoms. The molecule has 5 heteroatoms. The molecule has 0 atom stereocenters. The Morgan fingerprint density at radius 3 is 3.00 bits per heavy atom. The number of hydrogen-bond acceptors (Lipinski definition) is 2. The van der Waals surface area contributed by atoms with E-state index in [1.165, 1.54) is 18.2 Å². The molecular weight excluding hydrogens is 231 g/mol. The number of benzene rings is 1. The zero-order valence-corrected chi connectivity index (χ0v) is 9.22. The molecule has 0 aliphatic heterocycles. The van der Waals surface area contributed by atoms with Gasteiger partial charge in [0.25, 0.3) is 5.91 Å². The summed E-state index contributed by atoms with van der Waals surface area (Å²) in [6.45, 7) is 0.346. The molecule has 0 aromatic heterocycles. The van der Waals surface area contributed by atoms with Crippen molar-refractivity contribution in [3.8, 4) is 6.07 Å². The van der Waals surface area contributed by atoms with Crippen molar-refractivity contribution >= 4 is 17.5 Å². The molecule has 1 aromatic carbocycles. The molecule has 0 unspecified atom stereocenters. The first kappa shape index (κ1) is 12.5. The van der Waals surface area contributed by atoms with E-state index in [0.717, 1.165) is 0 Å². The number of amides is 1. The predicted octanol–water partition coefficient (Wildman–Crippen LogP) is 2.51. The first-order valence-electron chi connectivity index (χ1n) is 4.76. The van der Waals surface area contributed by atoms with Gasteiger partial charge in [0.05, 0.1) is 16.7 Å². The fraction of sp³-hybridized carbons (Fsp3) is 0.273. The number of nitrogens with zero attached hydrogens (tertiary/aromatic N) is 1. The molecule has 0 aliphatic carbocycles. The quantitative estimate of drug-likeness (QED) is 0.823. The van der Waals surface area contributed by atoms with E-state index >= 15 is 0 Å². The molecule has 0 spiro atoms. The number of nitriles is 1. The van der Waals surface area contributed by atoms with Crippen LogP contribution in [0, 0.1) is 17.1 Å². The summed E-state index contributed by atoms with van der Waals surface area (Å²) in [5.74, 6) is -1.24. The van der Waals surface area contributed by atoms with Crippen LogP contribution in [0.15, 0.2) is 18.2 Å². The highest BCUT2D eigenvalue weighted by atomic mass is 35.5. The van der Waals surface area contributed by atoms with E-state index in [1.54, 1.807) is 0 Å². The molecule has 1 N–H and O–H groups in total. The van der Waals surface area contributed by atoms with Crippen LogP contribution >= 0.6 is 11.6 Å². The molecule has 1 amide bonds. The lowest BCUT2D eigenvalue weighted by atomic mass is 10.2. The van der Waals surface area contributed by atoms with Crippen molar-refractivity contribution in [1.82, 2.24) is 5.32 Å². The molecule has 0 saturated carbocycles. The molecule has 0 aliphatic rings. The lowest BCUT2D eigenvalue weighted by Crippen LogP contribution is -2.25. The van der Waals surface area contributed by atoms with Crippen LogP contribution in [0.3, 0.4) is 0 Å². The summed E-state index contributed by atoms with van der Waals surface area (Å²) in [6, 6.07) is 6.21. The maximum Gasteiger partial charge on any atom is 0.254 e. The Morgan fingerprint density at radius 2 is 2.31 bits per heavy atom. The fourth-order valence-electron chi connectivity index (χ4n) is 1.14. The molecule has 1 aromatic rings. The number of halogens is 2. The molecule has 0 heterocycles. The van der Waals surface area contributed by atoms with Crippen LogP contribution in [-0.4, -0.2) is 12.5 Å². The standard InChI is InChI=1S/C11H10ClFN2O/c12-9-5-3-4-8(10(9)13)11(16)15-7-2-1-6-14/h3-5H,1-2,7H2,(H,15,16). The summed E-state index contributed by atoms with van der Waals surface area (Å²) < 4.78 is 13.4. The molecule has 84 valence electrons.